The molecule has 0 saturated carbocycles. The maximum Gasteiger partial charge on any atom is 2.00 e. The third-order valence-electron chi connectivity index (χ3n) is 2.38. The minimum atomic E-state index is 0. The SMILES string of the molecule is Cc1cccc(C=Nc2ccccc2)c1O.[CH3-].[CH3-].[Ti+2]. The summed E-state index contributed by atoms with van der Waals surface area (Å²) in [5.41, 5.74) is 2.48. The first-order chi connectivity index (χ1) is 7.77. The van der Waals surface area contributed by atoms with Gasteiger partial charge in [-0.1, -0.05) is 30.3 Å². The van der Waals surface area contributed by atoms with E-state index in [0.29, 0.717) is 5.75 Å². The molecule has 2 aromatic rings. The van der Waals surface area contributed by atoms with Gasteiger partial charge >= 0.3 is 21.7 Å². The van der Waals surface area contributed by atoms with E-state index in [1.54, 1.807) is 6.21 Å². The first-order valence-electron chi connectivity index (χ1n) is 5.15. The minimum Gasteiger partial charge on any atom is -0.507 e. The topological polar surface area (TPSA) is 32.6 Å². The average molecular weight is 289 g/mol. The van der Waals surface area contributed by atoms with E-state index >= 15 is 0 Å². The number of aromatic hydroxyl groups is 1. The standard InChI is InChI=1S/C14H13NO.2CH3.Ti/c1-11-6-5-7-12(14(11)16)10-15-13-8-3-2-4-9-13;;;/h2-10,16H,1H3;2*1H3;/q;2*-1;+2. The van der Waals surface area contributed by atoms with Gasteiger partial charge in [-0.25, -0.2) is 0 Å². The molecular formula is C16H19NOTi. The van der Waals surface area contributed by atoms with Crippen LogP contribution in [0.1, 0.15) is 11.1 Å². The Morgan fingerprint density at radius 1 is 0.947 bits per heavy atom. The van der Waals surface area contributed by atoms with E-state index in [0.717, 1.165) is 16.8 Å². The number of hydrogen-bond donors (Lipinski definition) is 1. The Morgan fingerprint density at radius 3 is 2.21 bits per heavy atom. The number of phenolic OH excluding ortho intramolecular Hbond substituents is 1. The number of para-hydroxylation sites is 2. The Balaban J connectivity index is 0. The van der Waals surface area contributed by atoms with Crippen LogP contribution in [0.5, 0.6) is 5.75 Å². The molecule has 0 heterocycles. The zero-order chi connectivity index (χ0) is 11.4. The van der Waals surface area contributed by atoms with Crippen molar-refractivity contribution < 1.29 is 26.8 Å². The van der Waals surface area contributed by atoms with E-state index in [1.165, 1.54) is 0 Å². The van der Waals surface area contributed by atoms with Crippen molar-refractivity contribution in [1.82, 2.24) is 0 Å². The second-order valence-corrected chi connectivity index (χ2v) is 3.61. The normalized spacial score (nSPS) is 9.11. The van der Waals surface area contributed by atoms with Crippen LogP contribution in [0.25, 0.3) is 0 Å². The fraction of sp³-hybridized carbons (Fsp3) is 0.0625. The molecule has 2 rings (SSSR count). The van der Waals surface area contributed by atoms with Gasteiger partial charge in [0.05, 0.1) is 5.69 Å². The Labute approximate surface area is 131 Å². The van der Waals surface area contributed by atoms with Gasteiger partial charge in [-0.3, -0.25) is 4.99 Å². The van der Waals surface area contributed by atoms with Gasteiger partial charge in [0.2, 0.25) is 0 Å². The molecule has 0 aromatic heterocycles. The molecule has 0 aliphatic heterocycles. The largest absolute Gasteiger partial charge is 2.00 e. The molecule has 98 valence electrons. The monoisotopic (exact) mass is 289 g/mol. The summed E-state index contributed by atoms with van der Waals surface area (Å²) in [6, 6.07) is 15.3. The minimum absolute atomic E-state index is 0. The van der Waals surface area contributed by atoms with Crippen LogP contribution in [0.15, 0.2) is 53.5 Å². The van der Waals surface area contributed by atoms with Gasteiger partial charge in [-0.05, 0) is 30.7 Å². The van der Waals surface area contributed by atoms with E-state index in [-0.39, 0.29) is 36.6 Å². The van der Waals surface area contributed by atoms with Gasteiger partial charge < -0.3 is 20.0 Å². The number of nitrogens with zero attached hydrogens (tertiary/aromatic N) is 1. The second-order valence-electron chi connectivity index (χ2n) is 3.61. The Morgan fingerprint density at radius 2 is 1.58 bits per heavy atom. The molecule has 0 fully saturated rings. The summed E-state index contributed by atoms with van der Waals surface area (Å²) in [6.45, 7) is 1.87. The van der Waals surface area contributed by atoms with Gasteiger partial charge in [-0.2, -0.15) is 0 Å². The molecule has 0 amide bonds. The Bertz CT molecular complexity index is 509. The molecule has 0 aliphatic rings. The third kappa shape index (κ3) is 5.41. The van der Waals surface area contributed by atoms with Crippen molar-refractivity contribution in [3.63, 3.8) is 0 Å². The summed E-state index contributed by atoms with van der Waals surface area (Å²) in [4.78, 5) is 4.29. The molecule has 1 N–H and O–H groups in total. The number of aryl methyl sites for hydroxylation is 1. The summed E-state index contributed by atoms with van der Waals surface area (Å²) < 4.78 is 0. The molecule has 0 atom stereocenters. The van der Waals surface area contributed by atoms with Gasteiger partial charge in [0.1, 0.15) is 5.75 Å². The number of benzene rings is 2. The van der Waals surface area contributed by atoms with E-state index in [1.807, 2.05) is 55.5 Å². The van der Waals surface area contributed by atoms with Crippen molar-refractivity contribution in [3.8, 4) is 5.75 Å². The van der Waals surface area contributed by atoms with Crippen LogP contribution in [0.2, 0.25) is 0 Å². The zero-order valence-corrected chi connectivity index (χ0v) is 13.2. The Kier molecular flexibility index (Phi) is 10.0. The fourth-order valence-corrected chi connectivity index (χ4v) is 1.44. The maximum absolute atomic E-state index is 9.78. The number of hydrogen-bond acceptors (Lipinski definition) is 2. The molecule has 3 heteroatoms. The van der Waals surface area contributed by atoms with Gasteiger partial charge in [0.25, 0.3) is 0 Å². The van der Waals surface area contributed by atoms with Crippen molar-refractivity contribution in [1.29, 1.82) is 0 Å². The molecule has 19 heavy (non-hydrogen) atoms. The smallest absolute Gasteiger partial charge is 0.507 e. The van der Waals surface area contributed by atoms with Crippen molar-refractivity contribution >= 4 is 11.9 Å². The van der Waals surface area contributed by atoms with Crippen molar-refractivity contribution in [2.24, 2.45) is 4.99 Å². The van der Waals surface area contributed by atoms with Crippen LogP contribution in [-0.4, -0.2) is 11.3 Å². The maximum atomic E-state index is 9.78. The fourth-order valence-electron chi connectivity index (χ4n) is 1.44. The van der Waals surface area contributed by atoms with Gasteiger partial charge in [0, 0.05) is 11.8 Å². The first-order valence-corrected chi connectivity index (χ1v) is 5.15. The number of phenols is 1. The molecule has 0 spiro atoms. The summed E-state index contributed by atoms with van der Waals surface area (Å²) in [6.07, 6.45) is 1.68. The Hall–Kier alpha value is -1.38. The number of rotatable bonds is 2. The third-order valence-corrected chi connectivity index (χ3v) is 2.38. The second kappa shape index (κ2) is 9.54. The van der Waals surface area contributed by atoms with E-state index < -0.39 is 0 Å². The van der Waals surface area contributed by atoms with Crippen LogP contribution in [0.3, 0.4) is 0 Å². The van der Waals surface area contributed by atoms with Gasteiger partial charge in [0.15, 0.2) is 0 Å². The van der Waals surface area contributed by atoms with Crippen LogP contribution in [0, 0.1) is 21.8 Å². The molecule has 0 saturated heterocycles. The molecule has 0 radical (unpaired) electrons. The van der Waals surface area contributed by atoms with E-state index in [9.17, 15) is 5.11 Å². The van der Waals surface area contributed by atoms with Crippen LogP contribution >= 0.6 is 0 Å². The summed E-state index contributed by atoms with van der Waals surface area (Å²) in [5, 5.41) is 9.78. The molecule has 0 bridgehead atoms. The summed E-state index contributed by atoms with van der Waals surface area (Å²) in [5.74, 6) is 0.294. The van der Waals surface area contributed by atoms with Gasteiger partial charge in [-0.15, -0.1) is 0 Å². The average Bonchev–Trinajstić information content (AvgIpc) is 2.32. The van der Waals surface area contributed by atoms with Crippen LogP contribution in [0.4, 0.5) is 5.69 Å². The van der Waals surface area contributed by atoms with Crippen molar-refractivity contribution in [3.05, 3.63) is 74.5 Å². The first kappa shape index (κ1) is 20.0. The molecule has 2 nitrogen and oxygen atoms in total. The predicted octanol–water partition coefficient (Wildman–Crippen LogP) is 4.35. The zero-order valence-electron chi connectivity index (χ0n) is 11.6. The van der Waals surface area contributed by atoms with Crippen molar-refractivity contribution in [2.75, 3.05) is 0 Å². The van der Waals surface area contributed by atoms with E-state index in [4.69, 9.17) is 0 Å². The quantitative estimate of drug-likeness (QED) is 0.497. The van der Waals surface area contributed by atoms with Crippen LogP contribution in [-0.2, 0) is 21.7 Å². The molecular weight excluding hydrogens is 270 g/mol. The molecule has 0 aliphatic carbocycles. The summed E-state index contributed by atoms with van der Waals surface area (Å²) >= 11 is 0. The number of aliphatic imine (C=N–C) groups is 1. The molecule has 0 unspecified atom stereocenters. The predicted molar refractivity (Wildman–Crippen MR) is 79.4 cm³/mol. The summed E-state index contributed by atoms with van der Waals surface area (Å²) in [7, 11) is 0. The van der Waals surface area contributed by atoms with Crippen LogP contribution < -0.4 is 0 Å². The van der Waals surface area contributed by atoms with Crippen molar-refractivity contribution in [2.45, 2.75) is 6.92 Å². The molecule has 2 aromatic carbocycles. The van der Waals surface area contributed by atoms with E-state index in [2.05, 4.69) is 4.99 Å².